The first kappa shape index (κ1) is 14.6. The highest BCUT2D eigenvalue weighted by molar-refractivity contribution is 5.33. The predicted molar refractivity (Wildman–Crippen MR) is 84.9 cm³/mol. The van der Waals surface area contributed by atoms with Crippen LogP contribution in [0.2, 0.25) is 0 Å². The van der Waals surface area contributed by atoms with Gasteiger partial charge in [0.1, 0.15) is 6.54 Å². The van der Waals surface area contributed by atoms with E-state index < -0.39 is 5.60 Å². The zero-order valence-electron chi connectivity index (χ0n) is 12.8. The third-order valence-electron chi connectivity index (χ3n) is 5.09. The lowest BCUT2D eigenvalue weighted by Crippen LogP contribution is -3.09. The first-order chi connectivity index (χ1) is 10.3. The van der Waals surface area contributed by atoms with Crippen LogP contribution in [0, 0.1) is 17.8 Å². The number of likely N-dealkylation sites (tertiary alicyclic amines) is 1. The lowest BCUT2D eigenvalue weighted by atomic mass is 9.80. The van der Waals surface area contributed by atoms with Crippen molar-refractivity contribution in [2.24, 2.45) is 5.92 Å². The normalized spacial score (nSPS) is 22.7. The molecule has 1 unspecified atom stereocenters. The van der Waals surface area contributed by atoms with Crippen molar-refractivity contribution in [2.75, 3.05) is 19.6 Å². The molecule has 21 heavy (non-hydrogen) atoms. The highest BCUT2D eigenvalue weighted by Gasteiger charge is 2.38. The molecule has 2 N–H and O–H groups in total. The van der Waals surface area contributed by atoms with Crippen LogP contribution in [-0.4, -0.2) is 24.7 Å². The third kappa shape index (κ3) is 3.31. The fourth-order valence-corrected chi connectivity index (χ4v) is 3.80. The van der Waals surface area contributed by atoms with Crippen molar-refractivity contribution in [1.82, 2.24) is 0 Å². The fraction of sp³-hybridized carbons (Fsp3) is 0.579. The van der Waals surface area contributed by atoms with Gasteiger partial charge in [-0.15, -0.1) is 0 Å². The molecule has 3 rings (SSSR count). The molecular formula is C19H26NO+. The molecule has 0 radical (unpaired) electrons. The first-order valence-corrected chi connectivity index (χ1v) is 8.40. The largest absolute Gasteiger partial charge is 0.373 e. The molecule has 2 fully saturated rings. The van der Waals surface area contributed by atoms with Crippen molar-refractivity contribution in [3.63, 3.8) is 0 Å². The lowest BCUT2D eigenvalue weighted by Gasteiger charge is -2.29. The summed E-state index contributed by atoms with van der Waals surface area (Å²) < 4.78 is 0. The van der Waals surface area contributed by atoms with E-state index in [1.54, 1.807) is 4.90 Å². The van der Waals surface area contributed by atoms with E-state index in [1.165, 1.54) is 38.8 Å². The Balaban J connectivity index is 1.80. The second-order valence-electron chi connectivity index (χ2n) is 6.55. The van der Waals surface area contributed by atoms with Gasteiger partial charge in [-0.2, -0.15) is 0 Å². The van der Waals surface area contributed by atoms with E-state index in [-0.39, 0.29) is 0 Å². The SMILES string of the molecule is OC(C#CC[NH+]1CCCC1)(c1ccccc1)C1CCCC1. The monoisotopic (exact) mass is 284 g/mol. The van der Waals surface area contributed by atoms with Crippen LogP contribution in [-0.2, 0) is 5.60 Å². The van der Waals surface area contributed by atoms with Crippen molar-refractivity contribution < 1.29 is 10.0 Å². The van der Waals surface area contributed by atoms with E-state index in [1.807, 2.05) is 30.3 Å². The molecule has 2 nitrogen and oxygen atoms in total. The molecule has 1 atom stereocenters. The fourth-order valence-electron chi connectivity index (χ4n) is 3.80. The Morgan fingerprint density at radius 3 is 2.38 bits per heavy atom. The van der Waals surface area contributed by atoms with Gasteiger partial charge in [-0.05, 0) is 24.3 Å². The third-order valence-corrected chi connectivity index (χ3v) is 5.09. The van der Waals surface area contributed by atoms with E-state index in [9.17, 15) is 5.11 Å². The average Bonchev–Trinajstić information content (AvgIpc) is 3.21. The number of hydrogen-bond acceptors (Lipinski definition) is 1. The highest BCUT2D eigenvalue weighted by Crippen LogP contribution is 2.40. The van der Waals surface area contributed by atoms with E-state index in [4.69, 9.17) is 0 Å². The molecule has 1 saturated carbocycles. The van der Waals surface area contributed by atoms with Crippen LogP contribution >= 0.6 is 0 Å². The Labute approximate surface area is 128 Å². The Kier molecular flexibility index (Phi) is 4.63. The molecule has 1 saturated heterocycles. The molecule has 0 amide bonds. The molecule has 1 aliphatic carbocycles. The minimum atomic E-state index is -0.947. The van der Waals surface area contributed by atoms with Gasteiger partial charge >= 0.3 is 0 Å². The maximum atomic E-state index is 11.3. The topological polar surface area (TPSA) is 24.7 Å². The minimum absolute atomic E-state index is 0.293. The molecule has 0 aromatic heterocycles. The molecule has 2 heteroatoms. The Morgan fingerprint density at radius 1 is 1.05 bits per heavy atom. The van der Waals surface area contributed by atoms with Gasteiger partial charge in [0, 0.05) is 18.8 Å². The molecular weight excluding hydrogens is 258 g/mol. The van der Waals surface area contributed by atoms with Crippen LogP contribution in [0.5, 0.6) is 0 Å². The van der Waals surface area contributed by atoms with Crippen LogP contribution in [0.25, 0.3) is 0 Å². The number of aliphatic hydroxyl groups is 1. The summed E-state index contributed by atoms with van der Waals surface area (Å²) in [6.07, 6.45) is 7.27. The standard InChI is InChI=1S/C19H25NO/c21-19(18-11-4-5-12-18,17-9-2-1-3-10-17)13-8-16-20-14-6-7-15-20/h1-3,9-10,18,21H,4-7,11-12,14-16H2/p+1. The van der Waals surface area contributed by atoms with Gasteiger partial charge in [0.2, 0.25) is 0 Å². The predicted octanol–water partition coefficient (Wildman–Crippen LogP) is 1.75. The maximum absolute atomic E-state index is 11.3. The summed E-state index contributed by atoms with van der Waals surface area (Å²) >= 11 is 0. The summed E-state index contributed by atoms with van der Waals surface area (Å²) in [5.74, 6) is 6.86. The summed E-state index contributed by atoms with van der Waals surface area (Å²) in [4.78, 5) is 1.57. The van der Waals surface area contributed by atoms with Crippen molar-refractivity contribution in [1.29, 1.82) is 0 Å². The molecule has 1 heterocycles. The Morgan fingerprint density at radius 2 is 1.71 bits per heavy atom. The molecule has 1 aromatic carbocycles. The van der Waals surface area contributed by atoms with Gasteiger partial charge in [-0.1, -0.05) is 49.1 Å². The van der Waals surface area contributed by atoms with E-state index in [0.717, 1.165) is 24.9 Å². The van der Waals surface area contributed by atoms with Crippen molar-refractivity contribution in [3.05, 3.63) is 35.9 Å². The smallest absolute Gasteiger partial charge is 0.153 e. The zero-order chi connectivity index (χ0) is 14.5. The van der Waals surface area contributed by atoms with E-state index >= 15 is 0 Å². The van der Waals surface area contributed by atoms with Gasteiger partial charge in [-0.3, -0.25) is 0 Å². The summed E-state index contributed by atoms with van der Waals surface area (Å²) in [6.45, 7) is 3.35. The van der Waals surface area contributed by atoms with Crippen LogP contribution in [0.4, 0.5) is 0 Å². The first-order valence-electron chi connectivity index (χ1n) is 8.40. The summed E-state index contributed by atoms with van der Waals surface area (Å²) in [5, 5.41) is 11.3. The quantitative estimate of drug-likeness (QED) is 0.812. The lowest BCUT2D eigenvalue weighted by molar-refractivity contribution is -0.879. The number of quaternary nitrogens is 1. The Hall–Kier alpha value is -1.30. The Bertz CT molecular complexity index is 503. The van der Waals surface area contributed by atoms with Gasteiger partial charge in [0.25, 0.3) is 0 Å². The molecule has 112 valence electrons. The summed E-state index contributed by atoms with van der Waals surface area (Å²) in [7, 11) is 0. The van der Waals surface area contributed by atoms with Crippen LogP contribution in [0.3, 0.4) is 0 Å². The average molecular weight is 284 g/mol. The minimum Gasteiger partial charge on any atom is -0.373 e. The van der Waals surface area contributed by atoms with Crippen molar-refractivity contribution in [3.8, 4) is 11.8 Å². The van der Waals surface area contributed by atoms with E-state index in [2.05, 4.69) is 11.8 Å². The van der Waals surface area contributed by atoms with Crippen LogP contribution in [0.15, 0.2) is 30.3 Å². The second kappa shape index (κ2) is 6.64. The summed E-state index contributed by atoms with van der Waals surface area (Å²) in [5.41, 5.74) is 0.0255. The molecule has 1 aliphatic heterocycles. The molecule has 1 aromatic rings. The van der Waals surface area contributed by atoms with Gasteiger partial charge < -0.3 is 10.0 Å². The highest BCUT2D eigenvalue weighted by atomic mass is 16.3. The van der Waals surface area contributed by atoms with Crippen molar-refractivity contribution >= 4 is 0 Å². The molecule has 0 bridgehead atoms. The number of rotatable bonds is 3. The van der Waals surface area contributed by atoms with Gasteiger partial charge in [-0.25, -0.2) is 0 Å². The maximum Gasteiger partial charge on any atom is 0.153 e. The van der Waals surface area contributed by atoms with Gasteiger partial charge in [0.15, 0.2) is 5.60 Å². The summed E-state index contributed by atoms with van der Waals surface area (Å²) in [6, 6.07) is 10.1. The van der Waals surface area contributed by atoms with E-state index in [0.29, 0.717) is 5.92 Å². The number of benzene rings is 1. The van der Waals surface area contributed by atoms with Crippen LogP contribution in [0.1, 0.15) is 44.1 Å². The number of hydrogen-bond donors (Lipinski definition) is 2. The second-order valence-corrected chi connectivity index (χ2v) is 6.55. The molecule has 2 aliphatic rings. The van der Waals surface area contributed by atoms with Gasteiger partial charge in [0.05, 0.1) is 13.1 Å². The van der Waals surface area contributed by atoms with Crippen molar-refractivity contribution in [2.45, 2.75) is 44.1 Å². The van der Waals surface area contributed by atoms with Crippen LogP contribution < -0.4 is 4.90 Å². The zero-order valence-corrected chi connectivity index (χ0v) is 12.8. The number of nitrogens with one attached hydrogen (secondary N) is 1. The molecule has 0 spiro atoms.